The third-order valence-corrected chi connectivity index (χ3v) is 30.3. The Hall–Kier alpha value is -8.41. The van der Waals surface area contributed by atoms with Crippen molar-refractivity contribution in [3.8, 4) is 0 Å². The number of amides is 10. The molecule has 12 fully saturated rings. The summed E-state index contributed by atoms with van der Waals surface area (Å²) < 4.78 is 19.7. The van der Waals surface area contributed by atoms with Gasteiger partial charge in [-0.1, -0.05) is 214 Å². The monoisotopic (exact) mass is 1890 g/mol. The number of allylic oxidation sites excluding steroid dienone is 1. The molecule has 9 saturated heterocycles. The number of hydrogen-bond donors (Lipinski definition) is 11. The van der Waals surface area contributed by atoms with Crippen LogP contribution in [0.1, 0.15) is 324 Å². The molecule has 3 aliphatic carbocycles. The summed E-state index contributed by atoms with van der Waals surface area (Å²) in [7, 11) is 5.30. The number of aliphatic carboxylic acids is 1. The molecule has 0 aromatic rings. The third kappa shape index (κ3) is 29.8. The van der Waals surface area contributed by atoms with Gasteiger partial charge < -0.3 is 101 Å². The van der Waals surface area contributed by atoms with E-state index in [1.165, 1.54) is 52.9 Å². The van der Waals surface area contributed by atoms with Crippen LogP contribution in [0.2, 0.25) is 0 Å². The molecule has 0 bridgehead atoms. The first-order valence-electron chi connectivity index (χ1n) is 50.7. The van der Waals surface area contributed by atoms with Gasteiger partial charge in [0.25, 0.3) is 0 Å². The molecule has 0 aromatic carbocycles. The van der Waals surface area contributed by atoms with Gasteiger partial charge in [0, 0.05) is 100 Å². The van der Waals surface area contributed by atoms with E-state index in [1.807, 2.05) is 40.7 Å². The minimum Gasteiger partial charge on any atom is -0.480 e. The van der Waals surface area contributed by atoms with Crippen molar-refractivity contribution in [3.63, 3.8) is 0 Å². The lowest BCUT2D eigenvalue weighted by atomic mass is 9.99. The normalized spacial score (nSPS) is 35.9. The first-order chi connectivity index (χ1) is 64.0. The zero-order valence-electron chi connectivity index (χ0n) is 81.2. The predicted octanol–water partition coefficient (Wildman–Crippen LogP) is 7.35. The lowest BCUT2D eigenvalue weighted by Gasteiger charge is -2.28. The van der Waals surface area contributed by atoms with Crippen molar-refractivity contribution in [3.05, 3.63) is 12.2 Å². The SMILES string of the molecule is COC(=O)C1CCCCCCCCC[C@H](C)C(=O)N2C[C@@H](O)C[C@H]2C(=O)N1.COC(=O)[C@@]12CC1/C=C\CCCCC[C@H](C)C(=O)N1C[C@@H](O)C[C@H]1C(=O)N2.COC(=O)[C@@]12CC1CCCCCCC[C@H](C)C(=O)N1C[C@@H](O)C[C@H]1C(=O)N2.COC(=O)[C@@]12CC1CCCCCCC[C@H](C)C(=O)N1C[C@@H](O)C[C@H]1C(=O)N2.C[C@H]1CCCCCCCCCC(C(=O)O)NC(=O)[C@@H]2C[C@H](O)CN2C1=O. The number of carboxylic acids is 1. The molecule has 134 heavy (non-hydrogen) atoms. The van der Waals surface area contributed by atoms with Crippen LogP contribution in [0.4, 0.5) is 0 Å². The number of hydrogen-bond acceptors (Lipinski definition) is 24. The number of aliphatic hydroxyl groups is 5. The first-order valence-corrected chi connectivity index (χ1v) is 50.7. The van der Waals surface area contributed by atoms with Crippen LogP contribution in [-0.4, -0.2) is 295 Å². The summed E-state index contributed by atoms with van der Waals surface area (Å²) in [4.78, 5) is 196. The third-order valence-electron chi connectivity index (χ3n) is 30.3. The van der Waals surface area contributed by atoms with E-state index >= 15 is 0 Å². The smallest absolute Gasteiger partial charge is 0.332 e. The molecular weight excluding hydrogens is 1730 g/mol. The number of fused-ring (bicyclic) bond motifs is 8. The fourth-order valence-corrected chi connectivity index (χ4v) is 21.7. The number of carboxylic acid groups (broad SMARTS) is 1. The fraction of sp³-hybridized carbons (Fsp3) is 0.828. The second kappa shape index (κ2) is 52.4. The van der Waals surface area contributed by atoms with Gasteiger partial charge in [0.05, 0.1) is 59.0 Å². The summed E-state index contributed by atoms with van der Waals surface area (Å²) in [6, 6.07) is -5.34. The number of carbonyl (C=O) groups excluding carboxylic acids is 14. The van der Waals surface area contributed by atoms with Crippen molar-refractivity contribution < 1.29 is 122 Å². The highest BCUT2D eigenvalue weighted by molar-refractivity contribution is 5.99. The number of nitrogens with zero attached hydrogens (tertiary/aromatic N) is 5. The molecule has 0 aromatic heterocycles. The molecule has 756 valence electrons. The van der Waals surface area contributed by atoms with Crippen LogP contribution in [0.25, 0.3) is 0 Å². The van der Waals surface area contributed by atoms with Crippen molar-refractivity contribution in [2.75, 3.05) is 61.2 Å². The van der Waals surface area contributed by atoms with Gasteiger partial charge in [-0.2, -0.15) is 0 Å². The van der Waals surface area contributed by atoms with Crippen LogP contribution in [0, 0.1) is 47.3 Å². The maximum Gasteiger partial charge on any atom is 0.332 e. The van der Waals surface area contributed by atoms with E-state index in [2.05, 4.69) is 32.7 Å². The standard InChI is InChI=1S/2C20H32N2O5.C20H30N2O5.C20H34N2O5.C19H32N2O5/c3*1-13-8-6-4-3-5-7-9-14-11-20(14,19(26)27-2)21-17(24)16-10-15(23)12-22(16)18(13)25;1-14-10-8-6-4-3-5-7-9-11-16(20(26)27-2)21-18(24)17-12-15(23)13-22(17)19(14)25;1-13-9-7-5-3-2-4-6-8-10-15(19(25)26)20-17(23)16-11-14(22)12-21(16)18(13)24/h2*13-16,23H,3-12H2,1-2H3,(H,21,24);7,9,13-16,23H,3-6,8,10-12H2,1-2H3,(H,21,24);14-17,23H,3-13H2,1-2H3,(H,21,24);13-16,22H,2-12H2,1H3,(H,20,23)(H,25,26)/b;;9-7-;;/t3*13-,14?,15-,16-,20+;14-,15-,16?,17-;13-,14-,15?,16-/m00000/s1. The van der Waals surface area contributed by atoms with Crippen LogP contribution >= 0.6 is 0 Å². The number of nitrogens with one attached hydrogen (secondary N) is 5. The molecule has 13 rings (SSSR count). The molecular formula is C99H160N10O25. The minimum absolute atomic E-state index is 0.0824. The molecule has 3 saturated carbocycles. The number of ether oxygens (including phenoxy) is 4. The van der Waals surface area contributed by atoms with Crippen LogP contribution < -0.4 is 26.6 Å². The number of methoxy groups -OCH3 is 4. The molecule has 13 aliphatic rings. The zero-order valence-corrected chi connectivity index (χ0v) is 81.2. The quantitative estimate of drug-likeness (QED) is 0.0727. The molecule has 10 aliphatic heterocycles. The second-order valence-electron chi connectivity index (χ2n) is 40.8. The average molecular weight is 1890 g/mol. The van der Waals surface area contributed by atoms with Crippen molar-refractivity contribution in [2.24, 2.45) is 47.3 Å². The van der Waals surface area contributed by atoms with Crippen molar-refractivity contribution in [1.82, 2.24) is 51.1 Å². The minimum atomic E-state index is -1.05. The van der Waals surface area contributed by atoms with Crippen LogP contribution in [0.15, 0.2) is 12.2 Å². The van der Waals surface area contributed by atoms with E-state index in [-0.39, 0.29) is 165 Å². The Bertz CT molecular complexity index is 3900. The number of esters is 4. The molecule has 11 N–H and O–H groups in total. The zero-order chi connectivity index (χ0) is 97.7. The highest BCUT2D eigenvalue weighted by Crippen LogP contribution is 2.51. The Labute approximate surface area is 791 Å². The van der Waals surface area contributed by atoms with Gasteiger partial charge in [0.1, 0.15) is 58.9 Å². The Balaban J connectivity index is 0.000000188. The van der Waals surface area contributed by atoms with Gasteiger partial charge in [-0.3, -0.25) is 47.9 Å². The van der Waals surface area contributed by atoms with E-state index in [0.29, 0.717) is 32.1 Å². The highest BCUT2D eigenvalue weighted by atomic mass is 16.5. The summed E-state index contributed by atoms with van der Waals surface area (Å²) in [6.45, 7) is 10.3. The highest BCUT2D eigenvalue weighted by Gasteiger charge is 2.65. The molecule has 35 nitrogen and oxygen atoms in total. The summed E-state index contributed by atoms with van der Waals surface area (Å²) in [5.41, 5.74) is -2.96. The topological polar surface area (TPSA) is 491 Å². The second-order valence-corrected chi connectivity index (χ2v) is 40.8. The lowest BCUT2D eigenvalue weighted by Crippen LogP contribution is -2.54. The van der Waals surface area contributed by atoms with Gasteiger partial charge in [-0.15, -0.1) is 0 Å². The van der Waals surface area contributed by atoms with Crippen molar-refractivity contribution in [1.29, 1.82) is 0 Å². The molecule has 10 amide bonds. The van der Waals surface area contributed by atoms with Gasteiger partial charge >= 0.3 is 29.8 Å². The molecule has 5 unspecified atom stereocenters. The first kappa shape index (κ1) is 109. The predicted molar refractivity (Wildman–Crippen MR) is 493 cm³/mol. The number of aliphatic hydroxyl groups excluding tert-OH is 5. The fourth-order valence-electron chi connectivity index (χ4n) is 21.7. The Morgan fingerprint density at radius 1 is 0.313 bits per heavy atom. The van der Waals surface area contributed by atoms with Crippen LogP contribution in [0.3, 0.4) is 0 Å². The summed E-state index contributed by atoms with van der Waals surface area (Å²) in [6.07, 6.45) is 38.9. The van der Waals surface area contributed by atoms with E-state index in [0.717, 1.165) is 225 Å². The van der Waals surface area contributed by atoms with E-state index in [1.54, 1.807) is 0 Å². The van der Waals surface area contributed by atoms with Crippen LogP contribution in [-0.2, 0) is 90.9 Å². The maximum absolute atomic E-state index is 13.0. The molecule has 0 spiro atoms. The van der Waals surface area contributed by atoms with Gasteiger partial charge in [0.15, 0.2) is 0 Å². The average Bonchev–Trinajstić information content (AvgIpc) is 1.59. The summed E-state index contributed by atoms with van der Waals surface area (Å²) in [5, 5.41) is 73.6. The van der Waals surface area contributed by atoms with Gasteiger partial charge in [-0.05, 0) is 102 Å². The molecule has 0 radical (unpaired) electrons. The summed E-state index contributed by atoms with van der Waals surface area (Å²) >= 11 is 0. The lowest BCUT2D eigenvalue weighted by molar-refractivity contribution is -0.149. The van der Waals surface area contributed by atoms with Crippen molar-refractivity contribution >= 4 is 88.9 Å². The van der Waals surface area contributed by atoms with E-state index < -0.39 is 125 Å². The molecule has 10 heterocycles. The largest absolute Gasteiger partial charge is 0.480 e. The number of carbonyl (C=O) groups is 15. The Morgan fingerprint density at radius 3 is 0.851 bits per heavy atom. The van der Waals surface area contributed by atoms with E-state index in [9.17, 15) is 103 Å². The number of rotatable bonds is 5. The van der Waals surface area contributed by atoms with Gasteiger partial charge in [0.2, 0.25) is 59.1 Å². The Kier molecular flexibility index (Phi) is 42.7. The molecule has 23 atom stereocenters. The van der Waals surface area contributed by atoms with Crippen LogP contribution in [0.5, 0.6) is 0 Å². The Morgan fingerprint density at radius 2 is 0.560 bits per heavy atom. The summed E-state index contributed by atoms with van der Waals surface area (Å²) in [5.74, 6) is -6.00. The van der Waals surface area contributed by atoms with Crippen molar-refractivity contribution in [2.45, 2.75) is 413 Å². The molecule has 35 heteroatoms. The van der Waals surface area contributed by atoms with Gasteiger partial charge in [-0.25, -0.2) is 24.0 Å². The van der Waals surface area contributed by atoms with E-state index in [4.69, 9.17) is 18.9 Å². The maximum atomic E-state index is 13.0.